The summed E-state index contributed by atoms with van der Waals surface area (Å²) in [5, 5.41) is 7.57. The highest BCUT2D eigenvalue weighted by atomic mass is 16.5. The molecule has 0 unspecified atom stereocenters. The van der Waals surface area contributed by atoms with Gasteiger partial charge in [-0.25, -0.2) is 4.98 Å². The Bertz CT molecular complexity index is 401. The maximum atomic E-state index is 7.57. The van der Waals surface area contributed by atoms with E-state index < -0.39 is 0 Å². The fourth-order valence-electron chi connectivity index (χ4n) is 2.13. The Morgan fingerprint density at radius 3 is 2.88 bits per heavy atom. The van der Waals surface area contributed by atoms with Gasteiger partial charge in [-0.05, 0) is 25.0 Å². The van der Waals surface area contributed by atoms with Crippen LogP contribution in [0.5, 0.6) is 0 Å². The van der Waals surface area contributed by atoms with Gasteiger partial charge in [0.25, 0.3) is 0 Å². The van der Waals surface area contributed by atoms with Gasteiger partial charge in [0.05, 0.1) is 5.56 Å². The highest BCUT2D eigenvalue weighted by Gasteiger charge is 2.21. The van der Waals surface area contributed by atoms with E-state index in [4.69, 9.17) is 15.9 Å². The standard InChI is InChI=1S/C12H18N4O/c1-16(9-4-7-17-8-5-9)12-10(11(13)14)3-2-6-15-12/h2-3,6,9H,4-5,7-8H2,1H3,(H3,13,14). The zero-order chi connectivity index (χ0) is 12.3. The summed E-state index contributed by atoms with van der Waals surface area (Å²) < 4.78 is 5.35. The number of anilines is 1. The fourth-order valence-corrected chi connectivity index (χ4v) is 2.13. The summed E-state index contributed by atoms with van der Waals surface area (Å²) in [7, 11) is 2.00. The molecule has 5 heteroatoms. The molecule has 1 saturated heterocycles. The number of nitrogens with zero attached hydrogens (tertiary/aromatic N) is 2. The van der Waals surface area contributed by atoms with Crippen molar-refractivity contribution in [3.05, 3.63) is 23.9 Å². The van der Waals surface area contributed by atoms with Crippen molar-refractivity contribution < 1.29 is 4.74 Å². The molecule has 1 aromatic heterocycles. The first-order valence-electron chi connectivity index (χ1n) is 5.80. The third kappa shape index (κ3) is 2.55. The lowest BCUT2D eigenvalue weighted by molar-refractivity contribution is 0.0853. The normalized spacial score (nSPS) is 16.8. The monoisotopic (exact) mass is 234 g/mol. The molecule has 2 rings (SSSR count). The molecular formula is C12H18N4O. The van der Waals surface area contributed by atoms with E-state index in [9.17, 15) is 0 Å². The van der Waals surface area contributed by atoms with Crippen molar-refractivity contribution in [3.63, 3.8) is 0 Å². The smallest absolute Gasteiger partial charge is 0.139 e. The molecule has 1 aliphatic heterocycles. The Morgan fingerprint density at radius 2 is 2.24 bits per heavy atom. The molecule has 92 valence electrons. The molecule has 0 amide bonds. The lowest BCUT2D eigenvalue weighted by Gasteiger charge is -2.32. The van der Waals surface area contributed by atoms with Gasteiger partial charge in [-0.3, -0.25) is 5.41 Å². The molecule has 0 aromatic carbocycles. The van der Waals surface area contributed by atoms with E-state index in [0.717, 1.165) is 31.9 Å². The van der Waals surface area contributed by atoms with Crippen LogP contribution < -0.4 is 10.6 Å². The van der Waals surface area contributed by atoms with E-state index in [1.54, 1.807) is 12.3 Å². The quantitative estimate of drug-likeness (QED) is 0.604. The first-order valence-corrected chi connectivity index (χ1v) is 5.80. The Labute approximate surface area is 101 Å². The van der Waals surface area contributed by atoms with Gasteiger partial charge in [0.15, 0.2) is 0 Å². The Balaban J connectivity index is 2.23. The molecule has 2 heterocycles. The zero-order valence-corrected chi connectivity index (χ0v) is 10.0. The van der Waals surface area contributed by atoms with E-state index in [1.165, 1.54) is 0 Å². The molecule has 0 radical (unpaired) electrons. The summed E-state index contributed by atoms with van der Waals surface area (Å²) in [5.74, 6) is 0.846. The lowest BCUT2D eigenvalue weighted by Crippen LogP contribution is -2.38. The molecule has 1 aliphatic rings. The van der Waals surface area contributed by atoms with Crippen LogP contribution in [0.4, 0.5) is 5.82 Å². The van der Waals surface area contributed by atoms with Gasteiger partial charge >= 0.3 is 0 Å². The third-order valence-corrected chi connectivity index (χ3v) is 3.15. The topological polar surface area (TPSA) is 75.2 Å². The Morgan fingerprint density at radius 1 is 1.53 bits per heavy atom. The van der Waals surface area contributed by atoms with Crippen molar-refractivity contribution in [3.8, 4) is 0 Å². The molecule has 0 spiro atoms. The molecule has 5 nitrogen and oxygen atoms in total. The lowest BCUT2D eigenvalue weighted by atomic mass is 10.1. The summed E-state index contributed by atoms with van der Waals surface area (Å²) in [6, 6.07) is 4.05. The largest absolute Gasteiger partial charge is 0.384 e. The number of hydrogen-bond acceptors (Lipinski definition) is 4. The summed E-state index contributed by atoms with van der Waals surface area (Å²) in [5.41, 5.74) is 6.27. The van der Waals surface area contributed by atoms with E-state index in [2.05, 4.69) is 9.88 Å². The van der Waals surface area contributed by atoms with Crippen LogP contribution in [0.2, 0.25) is 0 Å². The number of ether oxygens (including phenoxy) is 1. The van der Waals surface area contributed by atoms with E-state index in [1.807, 2.05) is 13.1 Å². The van der Waals surface area contributed by atoms with Gasteiger partial charge in [0.1, 0.15) is 11.7 Å². The Kier molecular flexibility index (Phi) is 3.58. The van der Waals surface area contributed by atoms with Crippen molar-refractivity contribution >= 4 is 11.7 Å². The first kappa shape index (κ1) is 11.9. The van der Waals surface area contributed by atoms with Gasteiger partial charge in [0.2, 0.25) is 0 Å². The number of nitrogens with two attached hydrogens (primary N) is 1. The van der Waals surface area contributed by atoms with Crippen LogP contribution in [-0.4, -0.2) is 37.1 Å². The highest BCUT2D eigenvalue weighted by molar-refractivity contribution is 5.99. The van der Waals surface area contributed by atoms with Gasteiger partial charge in [-0.15, -0.1) is 0 Å². The van der Waals surface area contributed by atoms with E-state index in [-0.39, 0.29) is 5.84 Å². The van der Waals surface area contributed by atoms with Crippen LogP contribution in [0, 0.1) is 5.41 Å². The molecule has 0 atom stereocenters. The second kappa shape index (κ2) is 5.14. The zero-order valence-electron chi connectivity index (χ0n) is 10.0. The second-order valence-corrected chi connectivity index (χ2v) is 4.24. The number of nitrogen functional groups attached to an aromatic ring is 1. The van der Waals surface area contributed by atoms with E-state index in [0.29, 0.717) is 11.6 Å². The maximum Gasteiger partial charge on any atom is 0.139 e. The number of nitrogens with one attached hydrogen (secondary N) is 1. The third-order valence-electron chi connectivity index (χ3n) is 3.15. The molecule has 17 heavy (non-hydrogen) atoms. The molecule has 1 fully saturated rings. The predicted octanol–water partition coefficient (Wildman–Crippen LogP) is 0.981. The predicted molar refractivity (Wildman–Crippen MR) is 67.5 cm³/mol. The molecule has 1 aromatic rings. The summed E-state index contributed by atoms with van der Waals surface area (Å²) in [4.78, 5) is 6.45. The first-order chi connectivity index (χ1) is 8.20. The van der Waals surface area contributed by atoms with Gasteiger partial charge in [-0.2, -0.15) is 0 Å². The van der Waals surface area contributed by atoms with Crippen LogP contribution in [-0.2, 0) is 4.74 Å². The number of amidine groups is 1. The summed E-state index contributed by atoms with van der Waals surface area (Å²) in [6.45, 7) is 1.58. The van der Waals surface area contributed by atoms with Gasteiger partial charge in [0, 0.05) is 32.5 Å². The number of hydrogen-bond donors (Lipinski definition) is 2. The second-order valence-electron chi connectivity index (χ2n) is 4.24. The highest BCUT2D eigenvalue weighted by Crippen LogP contribution is 2.22. The van der Waals surface area contributed by atoms with Crippen LogP contribution in [0.25, 0.3) is 0 Å². The summed E-state index contributed by atoms with van der Waals surface area (Å²) >= 11 is 0. The number of pyridine rings is 1. The van der Waals surface area contributed by atoms with Crippen LogP contribution in [0.15, 0.2) is 18.3 Å². The minimum atomic E-state index is 0.0620. The van der Waals surface area contributed by atoms with Crippen LogP contribution in [0.3, 0.4) is 0 Å². The van der Waals surface area contributed by atoms with Crippen LogP contribution in [0.1, 0.15) is 18.4 Å². The van der Waals surface area contributed by atoms with E-state index >= 15 is 0 Å². The number of aromatic nitrogens is 1. The average molecular weight is 234 g/mol. The van der Waals surface area contributed by atoms with Crippen molar-refractivity contribution in [1.29, 1.82) is 5.41 Å². The fraction of sp³-hybridized carbons (Fsp3) is 0.500. The van der Waals surface area contributed by atoms with Crippen molar-refractivity contribution in [1.82, 2.24) is 4.98 Å². The number of rotatable bonds is 3. The average Bonchev–Trinajstić information content (AvgIpc) is 2.39. The van der Waals surface area contributed by atoms with Crippen LogP contribution >= 0.6 is 0 Å². The molecule has 0 aliphatic carbocycles. The van der Waals surface area contributed by atoms with Crippen molar-refractivity contribution in [2.45, 2.75) is 18.9 Å². The minimum Gasteiger partial charge on any atom is -0.384 e. The van der Waals surface area contributed by atoms with Gasteiger partial charge < -0.3 is 15.4 Å². The SMILES string of the molecule is CN(c1ncccc1C(=N)N)C1CCOCC1. The minimum absolute atomic E-state index is 0.0620. The molecule has 0 bridgehead atoms. The van der Waals surface area contributed by atoms with Crippen molar-refractivity contribution in [2.75, 3.05) is 25.2 Å². The van der Waals surface area contributed by atoms with Crippen molar-refractivity contribution in [2.24, 2.45) is 5.73 Å². The maximum absolute atomic E-state index is 7.57. The van der Waals surface area contributed by atoms with Gasteiger partial charge in [-0.1, -0.05) is 0 Å². The molecular weight excluding hydrogens is 216 g/mol. The summed E-state index contributed by atoms with van der Waals surface area (Å²) in [6.07, 6.45) is 3.71. The molecule has 3 N–H and O–H groups in total. The molecule has 0 saturated carbocycles. The Hall–Kier alpha value is -1.62.